The monoisotopic (exact) mass is 225 g/mol. The first-order valence-electron chi connectivity index (χ1n) is 5.41. The van der Waals surface area contributed by atoms with Crippen molar-refractivity contribution in [2.24, 2.45) is 0 Å². The van der Waals surface area contributed by atoms with Gasteiger partial charge >= 0.3 is 0 Å². The zero-order chi connectivity index (χ0) is 10.7. The number of hydrogen-bond donors (Lipinski definition) is 2. The van der Waals surface area contributed by atoms with E-state index < -0.39 is 0 Å². The minimum atomic E-state index is -0.284. The standard InChI is InChI=1S/C12H16ClNO/c13-10-5-3-9(4-6-10)8-12(15)11-2-1-7-14-11/h3-6,11-12,14-15H,1-2,7-8H2/t11-,12+/m0/s1. The third-order valence-corrected chi connectivity index (χ3v) is 3.17. The summed E-state index contributed by atoms with van der Waals surface area (Å²) in [6, 6.07) is 7.94. The van der Waals surface area contributed by atoms with Crippen LogP contribution >= 0.6 is 11.6 Å². The van der Waals surface area contributed by atoms with Crippen molar-refractivity contribution in [2.75, 3.05) is 6.54 Å². The van der Waals surface area contributed by atoms with E-state index in [0.29, 0.717) is 6.42 Å². The molecule has 82 valence electrons. The molecule has 1 aromatic rings. The minimum absolute atomic E-state index is 0.265. The van der Waals surface area contributed by atoms with Crippen LogP contribution in [0.5, 0.6) is 0 Å². The van der Waals surface area contributed by atoms with Crippen molar-refractivity contribution in [1.82, 2.24) is 5.32 Å². The molecule has 1 fully saturated rings. The van der Waals surface area contributed by atoms with E-state index in [1.54, 1.807) is 0 Å². The number of nitrogens with one attached hydrogen (secondary N) is 1. The topological polar surface area (TPSA) is 32.3 Å². The number of benzene rings is 1. The second kappa shape index (κ2) is 4.97. The highest BCUT2D eigenvalue weighted by Gasteiger charge is 2.22. The SMILES string of the molecule is O[C@H](Cc1ccc(Cl)cc1)[C@@H]1CCCN1. The van der Waals surface area contributed by atoms with Gasteiger partial charge in [-0.25, -0.2) is 0 Å². The molecule has 0 unspecified atom stereocenters. The highest BCUT2D eigenvalue weighted by Crippen LogP contribution is 2.15. The van der Waals surface area contributed by atoms with E-state index in [-0.39, 0.29) is 12.1 Å². The van der Waals surface area contributed by atoms with Crippen molar-refractivity contribution in [3.63, 3.8) is 0 Å². The smallest absolute Gasteiger partial charge is 0.0733 e. The lowest BCUT2D eigenvalue weighted by Crippen LogP contribution is -2.36. The molecule has 1 aromatic carbocycles. The van der Waals surface area contributed by atoms with Crippen molar-refractivity contribution < 1.29 is 5.11 Å². The predicted octanol–water partition coefficient (Wildman–Crippen LogP) is 2.00. The van der Waals surface area contributed by atoms with Crippen LogP contribution in [0, 0.1) is 0 Å². The van der Waals surface area contributed by atoms with E-state index in [4.69, 9.17) is 11.6 Å². The van der Waals surface area contributed by atoms with E-state index in [1.165, 1.54) is 6.42 Å². The third-order valence-electron chi connectivity index (χ3n) is 2.92. The molecule has 0 aliphatic carbocycles. The zero-order valence-corrected chi connectivity index (χ0v) is 9.37. The van der Waals surface area contributed by atoms with Crippen LogP contribution in [0.2, 0.25) is 5.02 Å². The van der Waals surface area contributed by atoms with Gasteiger partial charge in [0.05, 0.1) is 6.10 Å². The number of halogens is 1. The Labute approximate surface area is 95.3 Å². The van der Waals surface area contributed by atoms with Crippen molar-refractivity contribution in [3.05, 3.63) is 34.9 Å². The molecule has 0 bridgehead atoms. The molecule has 2 rings (SSSR count). The van der Waals surface area contributed by atoms with Gasteiger partial charge in [-0.05, 0) is 43.5 Å². The summed E-state index contributed by atoms with van der Waals surface area (Å²) in [5, 5.41) is 14.0. The summed E-state index contributed by atoms with van der Waals surface area (Å²) in [6.07, 6.45) is 2.67. The van der Waals surface area contributed by atoms with Gasteiger partial charge in [0.25, 0.3) is 0 Å². The van der Waals surface area contributed by atoms with Crippen LogP contribution in [-0.2, 0) is 6.42 Å². The minimum Gasteiger partial charge on any atom is -0.391 e. The summed E-state index contributed by atoms with van der Waals surface area (Å²) in [7, 11) is 0. The molecule has 1 heterocycles. The van der Waals surface area contributed by atoms with Gasteiger partial charge in [0.1, 0.15) is 0 Å². The second-order valence-corrected chi connectivity index (χ2v) is 4.54. The van der Waals surface area contributed by atoms with E-state index in [0.717, 1.165) is 23.6 Å². The molecule has 2 N–H and O–H groups in total. The van der Waals surface area contributed by atoms with Crippen LogP contribution in [-0.4, -0.2) is 23.8 Å². The van der Waals surface area contributed by atoms with Gasteiger partial charge in [0.15, 0.2) is 0 Å². The van der Waals surface area contributed by atoms with Crippen LogP contribution < -0.4 is 5.32 Å². The zero-order valence-electron chi connectivity index (χ0n) is 8.62. The maximum absolute atomic E-state index is 9.98. The molecule has 1 aliphatic heterocycles. The number of rotatable bonds is 3. The maximum Gasteiger partial charge on any atom is 0.0733 e. The maximum atomic E-state index is 9.98. The summed E-state index contributed by atoms with van der Waals surface area (Å²) in [6.45, 7) is 1.03. The molecule has 15 heavy (non-hydrogen) atoms. The molecule has 3 heteroatoms. The average molecular weight is 226 g/mol. The Kier molecular flexibility index (Phi) is 3.62. The van der Waals surface area contributed by atoms with Crippen LogP contribution in [0.4, 0.5) is 0 Å². The van der Waals surface area contributed by atoms with E-state index in [9.17, 15) is 5.11 Å². The summed E-state index contributed by atoms with van der Waals surface area (Å²) in [5.41, 5.74) is 1.14. The van der Waals surface area contributed by atoms with Crippen molar-refractivity contribution in [1.29, 1.82) is 0 Å². The molecule has 2 atom stereocenters. The van der Waals surface area contributed by atoms with Crippen LogP contribution in [0.1, 0.15) is 18.4 Å². The largest absolute Gasteiger partial charge is 0.391 e. The fourth-order valence-corrected chi connectivity index (χ4v) is 2.17. The molecule has 0 amide bonds. The molecule has 0 radical (unpaired) electrons. The van der Waals surface area contributed by atoms with Gasteiger partial charge < -0.3 is 10.4 Å². The lowest BCUT2D eigenvalue weighted by atomic mass is 10.0. The molecular formula is C12H16ClNO. The molecule has 1 saturated heterocycles. The van der Waals surface area contributed by atoms with Gasteiger partial charge in [-0.3, -0.25) is 0 Å². The van der Waals surface area contributed by atoms with Crippen molar-refractivity contribution in [3.8, 4) is 0 Å². The quantitative estimate of drug-likeness (QED) is 0.825. The lowest BCUT2D eigenvalue weighted by Gasteiger charge is -2.18. The van der Waals surface area contributed by atoms with Gasteiger partial charge in [0.2, 0.25) is 0 Å². The summed E-state index contributed by atoms with van der Waals surface area (Å²) >= 11 is 5.80. The Morgan fingerprint density at radius 3 is 2.73 bits per heavy atom. The Morgan fingerprint density at radius 1 is 1.40 bits per heavy atom. The number of aliphatic hydroxyl groups is 1. The molecular weight excluding hydrogens is 210 g/mol. The predicted molar refractivity (Wildman–Crippen MR) is 62.2 cm³/mol. The Balaban J connectivity index is 1.92. The lowest BCUT2D eigenvalue weighted by molar-refractivity contribution is 0.136. The first-order chi connectivity index (χ1) is 7.25. The van der Waals surface area contributed by atoms with Crippen LogP contribution in [0.15, 0.2) is 24.3 Å². The second-order valence-electron chi connectivity index (χ2n) is 4.10. The van der Waals surface area contributed by atoms with Crippen LogP contribution in [0.25, 0.3) is 0 Å². The summed E-state index contributed by atoms with van der Waals surface area (Å²) < 4.78 is 0. The van der Waals surface area contributed by atoms with Crippen molar-refractivity contribution in [2.45, 2.75) is 31.4 Å². The molecule has 0 aromatic heterocycles. The summed E-state index contributed by atoms with van der Waals surface area (Å²) in [5.74, 6) is 0. The normalized spacial score (nSPS) is 22.9. The highest BCUT2D eigenvalue weighted by atomic mass is 35.5. The fraction of sp³-hybridized carbons (Fsp3) is 0.500. The Hall–Kier alpha value is -0.570. The number of hydrogen-bond acceptors (Lipinski definition) is 2. The summed E-state index contributed by atoms with van der Waals surface area (Å²) in [4.78, 5) is 0. The fourth-order valence-electron chi connectivity index (χ4n) is 2.04. The number of aliphatic hydroxyl groups excluding tert-OH is 1. The van der Waals surface area contributed by atoms with E-state index >= 15 is 0 Å². The molecule has 2 nitrogen and oxygen atoms in total. The van der Waals surface area contributed by atoms with Crippen molar-refractivity contribution >= 4 is 11.6 Å². The first kappa shape index (κ1) is 10.9. The van der Waals surface area contributed by atoms with Gasteiger partial charge in [-0.1, -0.05) is 23.7 Å². The Bertz CT molecular complexity index is 306. The first-order valence-corrected chi connectivity index (χ1v) is 5.79. The average Bonchev–Trinajstić information content (AvgIpc) is 2.74. The molecule has 0 saturated carbocycles. The van der Waals surface area contributed by atoms with E-state index in [1.807, 2.05) is 24.3 Å². The van der Waals surface area contributed by atoms with Gasteiger partial charge in [0, 0.05) is 11.1 Å². The highest BCUT2D eigenvalue weighted by molar-refractivity contribution is 6.30. The molecule has 0 spiro atoms. The van der Waals surface area contributed by atoms with Gasteiger partial charge in [-0.15, -0.1) is 0 Å². The third kappa shape index (κ3) is 2.94. The molecule has 1 aliphatic rings. The van der Waals surface area contributed by atoms with E-state index in [2.05, 4.69) is 5.32 Å². The Morgan fingerprint density at radius 2 is 2.13 bits per heavy atom. The van der Waals surface area contributed by atoms with Crippen LogP contribution in [0.3, 0.4) is 0 Å². The van der Waals surface area contributed by atoms with Gasteiger partial charge in [-0.2, -0.15) is 0 Å².